The summed E-state index contributed by atoms with van der Waals surface area (Å²) in [4.78, 5) is 14.7. The van der Waals surface area contributed by atoms with E-state index in [-0.39, 0.29) is 25.9 Å². The summed E-state index contributed by atoms with van der Waals surface area (Å²) in [5, 5.41) is 8.68. The SMILES string of the molecule is CCOC(=O)CN(COC(c1ccccc1)(c1ccc(OC)cc1)c1ccc(OC)cc1)c1ccc(N=Nc2ccccc2)cc1. The Morgan fingerprint density at radius 3 is 1.61 bits per heavy atom. The van der Waals surface area contributed by atoms with Gasteiger partial charge in [-0.3, -0.25) is 4.79 Å². The van der Waals surface area contributed by atoms with Gasteiger partial charge in [-0.2, -0.15) is 10.2 Å². The summed E-state index contributed by atoms with van der Waals surface area (Å²) in [7, 11) is 3.28. The Morgan fingerprint density at radius 2 is 1.11 bits per heavy atom. The van der Waals surface area contributed by atoms with E-state index in [0.717, 1.165) is 39.6 Å². The van der Waals surface area contributed by atoms with Crippen LogP contribution in [0.1, 0.15) is 23.6 Å². The maximum Gasteiger partial charge on any atom is 0.325 e. The Labute approximate surface area is 269 Å². The Bertz CT molecular complexity index is 1650. The quantitative estimate of drug-likeness (QED) is 0.0540. The van der Waals surface area contributed by atoms with Gasteiger partial charge in [-0.05, 0) is 84.3 Å². The standard InChI is InChI=1S/C38H37N3O5/c1-4-45-37(42)27-41(34-21-19-33(20-22-34)40-39-32-13-9-6-10-14-32)28-46-38(29-11-7-5-8-12-29,30-15-23-35(43-2)24-16-30)31-17-25-36(44-3)26-18-31/h5-26H,4,27-28H2,1-3H3. The predicted molar refractivity (Wildman–Crippen MR) is 179 cm³/mol. The molecule has 0 aliphatic carbocycles. The van der Waals surface area contributed by atoms with Gasteiger partial charge in [-0.25, -0.2) is 0 Å². The van der Waals surface area contributed by atoms with Crippen molar-refractivity contribution in [1.29, 1.82) is 0 Å². The van der Waals surface area contributed by atoms with Gasteiger partial charge in [0.2, 0.25) is 0 Å². The molecule has 46 heavy (non-hydrogen) atoms. The molecule has 0 aromatic heterocycles. The van der Waals surface area contributed by atoms with Crippen molar-refractivity contribution in [1.82, 2.24) is 0 Å². The lowest BCUT2D eigenvalue weighted by Gasteiger charge is -2.38. The molecule has 8 heteroatoms. The highest BCUT2D eigenvalue weighted by Gasteiger charge is 2.38. The molecular formula is C38H37N3O5. The molecule has 0 aliphatic rings. The molecule has 0 atom stereocenters. The van der Waals surface area contributed by atoms with Crippen LogP contribution in [0.15, 0.2) is 144 Å². The molecule has 0 fully saturated rings. The zero-order chi connectivity index (χ0) is 32.2. The molecule has 5 aromatic rings. The molecule has 0 bridgehead atoms. The fourth-order valence-corrected chi connectivity index (χ4v) is 5.16. The third kappa shape index (κ3) is 7.60. The molecule has 0 heterocycles. The van der Waals surface area contributed by atoms with Gasteiger partial charge < -0.3 is 23.8 Å². The average molecular weight is 616 g/mol. The first-order valence-corrected chi connectivity index (χ1v) is 15.0. The van der Waals surface area contributed by atoms with Crippen molar-refractivity contribution in [2.75, 3.05) is 39.0 Å². The summed E-state index contributed by atoms with van der Waals surface area (Å²) in [6.07, 6.45) is 0. The van der Waals surface area contributed by atoms with Gasteiger partial charge in [0.05, 0.1) is 32.2 Å². The second-order valence-electron chi connectivity index (χ2n) is 10.3. The lowest BCUT2D eigenvalue weighted by molar-refractivity contribution is -0.141. The minimum absolute atomic E-state index is 0.0190. The number of anilines is 1. The van der Waals surface area contributed by atoms with Crippen LogP contribution < -0.4 is 14.4 Å². The molecule has 234 valence electrons. The van der Waals surface area contributed by atoms with Crippen LogP contribution in [0.5, 0.6) is 11.5 Å². The number of methoxy groups -OCH3 is 2. The number of esters is 1. The first-order valence-electron chi connectivity index (χ1n) is 15.0. The summed E-state index contributed by atoms with van der Waals surface area (Å²) in [6.45, 7) is 2.10. The molecule has 0 unspecified atom stereocenters. The van der Waals surface area contributed by atoms with Crippen LogP contribution in [0.3, 0.4) is 0 Å². The second-order valence-corrected chi connectivity index (χ2v) is 10.3. The first kappa shape index (κ1) is 31.9. The topological polar surface area (TPSA) is 82.0 Å². The molecule has 5 rings (SSSR count). The number of carbonyl (C=O) groups excluding carboxylic acids is 1. The van der Waals surface area contributed by atoms with Gasteiger partial charge in [-0.1, -0.05) is 72.8 Å². The van der Waals surface area contributed by atoms with Gasteiger partial charge >= 0.3 is 5.97 Å². The Morgan fingerprint density at radius 1 is 0.630 bits per heavy atom. The molecule has 0 amide bonds. The number of hydrogen-bond donors (Lipinski definition) is 0. The van der Waals surface area contributed by atoms with Crippen molar-refractivity contribution < 1.29 is 23.7 Å². The average Bonchev–Trinajstić information content (AvgIpc) is 3.12. The van der Waals surface area contributed by atoms with Crippen molar-refractivity contribution >= 4 is 23.0 Å². The van der Waals surface area contributed by atoms with E-state index in [1.807, 2.05) is 138 Å². The monoisotopic (exact) mass is 615 g/mol. The number of ether oxygens (including phenoxy) is 4. The zero-order valence-corrected chi connectivity index (χ0v) is 26.2. The van der Waals surface area contributed by atoms with Gasteiger partial charge in [0.25, 0.3) is 0 Å². The Hall–Kier alpha value is -5.47. The van der Waals surface area contributed by atoms with Crippen LogP contribution >= 0.6 is 0 Å². The predicted octanol–water partition coefficient (Wildman–Crippen LogP) is 8.45. The van der Waals surface area contributed by atoms with Crippen LogP contribution in [0, 0.1) is 0 Å². The minimum atomic E-state index is -1.06. The van der Waals surface area contributed by atoms with Crippen molar-refractivity contribution in [3.63, 3.8) is 0 Å². The fraction of sp³-hybridized carbons (Fsp3) is 0.184. The van der Waals surface area contributed by atoms with Gasteiger partial charge in [0.1, 0.15) is 30.4 Å². The van der Waals surface area contributed by atoms with E-state index in [2.05, 4.69) is 10.2 Å². The van der Waals surface area contributed by atoms with Crippen LogP contribution in [-0.4, -0.2) is 40.1 Å². The molecule has 8 nitrogen and oxygen atoms in total. The third-order valence-corrected chi connectivity index (χ3v) is 7.49. The van der Waals surface area contributed by atoms with E-state index in [4.69, 9.17) is 18.9 Å². The lowest BCUT2D eigenvalue weighted by atomic mass is 9.80. The molecule has 0 saturated heterocycles. The van der Waals surface area contributed by atoms with Crippen LogP contribution in [0.4, 0.5) is 17.1 Å². The number of azo groups is 1. The van der Waals surface area contributed by atoms with E-state index in [0.29, 0.717) is 5.69 Å². The molecule has 0 aliphatic heterocycles. The van der Waals surface area contributed by atoms with Crippen LogP contribution in [0.25, 0.3) is 0 Å². The summed E-state index contributed by atoms with van der Waals surface area (Å²) in [5.74, 6) is 1.10. The van der Waals surface area contributed by atoms with E-state index < -0.39 is 5.60 Å². The van der Waals surface area contributed by atoms with E-state index in [1.54, 1.807) is 21.1 Å². The second kappa shape index (κ2) is 15.5. The molecule has 0 saturated carbocycles. The molecule has 0 radical (unpaired) electrons. The van der Waals surface area contributed by atoms with Crippen LogP contribution in [-0.2, 0) is 19.9 Å². The van der Waals surface area contributed by atoms with E-state index >= 15 is 0 Å². The zero-order valence-electron chi connectivity index (χ0n) is 26.2. The first-order chi connectivity index (χ1) is 22.5. The number of benzene rings is 5. The summed E-state index contributed by atoms with van der Waals surface area (Å²) in [5.41, 5.74) is 3.83. The van der Waals surface area contributed by atoms with Crippen molar-refractivity contribution in [3.8, 4) is 11.5 Å². The minimum Gasteiger partial charge on any atom is -0.497 e. The molecule has 0 N–H and O–H groups in total. The maximum absolute atomic E-state index is 12.8. The summed E-state index contributed by atoms with van der Waals surface area (Å²) in [6, 6.07) is 42.7. The van der Waals surface area contributed by atoms with Crippen LogP contribution in [0.2, 0.25) is 0 Å². The largest absolute Gasteiger partial charge is 0.497 e. The van der Waals surface area contributed by atoms with E-state index in [1.165, 1.54) is 0 Å². The number of hydrogen-bond acceptors (Lipinski definition) is 8. The van der Waals surface area contributed by atoms with E-state index in [9.17, 15) is 4.79 Å². The smallest absolute Gasteiger partial charge is 0.325 e. The third-order valence-electron chi connectivity index (χ3n) is 7.49. The van der Waals surface area contributed by atoms with Gasteiger partial charge in [0, 0.05) is 5.69 Å². The number of carbonyl (C=O) groups is 1. The highest BCUT2D eigenvalue weighted by molar-refractivity contribution is 5.76. The highest BCUT2D eigenvalue weighted by Crippen LogP contribution is 2.42. The molecule has 5 aromatic carbocycles. The number of rotatable bonds is 14. The molecule has 0 spiro atoms. The van der Waals surface area contributed by atoms with Gasteiger partial charge in [-0.15, -0.1) is 0 Å². The normalized spacial score (nSPS) is 11.3. The highest BCUT2D eigenvalue weighted by atomic mass is 16.5. The Kier molecular flexibility index (Phi) is 10.8. The molecular weight excluding hydrogens is 578 g/mol. The maximum atomic E-state index is 12.8. The lowest BCUT2D eigenvalue weighted by Crippen LogP contribution is -2.40. The van der Waals surface area contributed by atoms with Crippen molar-refractivity contribution in [3.05, 3.63) is 150 Å². The Balaban J connectivity index is 1.54. The summed E-state index contributed by atoms with van der Waals surface area (Å²) < 4.78 is 23.3. The summed E-state index contributed by atoms with van der Waals surface area (Å²) >= 11 is 0. The number of nitrogens with zero attached hydrogens (tertiary/aromatic N) is 3. The van der Waals surface area contributed by atoms with Gasteiger partial charge in [0.15, 0.2) is 0 Å². The van der Waals surface area contributed by atoms with Crippen molar-refractivity contribution in [2.45, 2.75) is 12.5 Å². The van der Waals surface area contributed by atoms with Crippen molar-refractivity contribution in [2.24, 2.45) is 10.2 Å². The fourth-order valence-electron chi connectivity index (χ4n) is 5.16.